The quantitative estimate of drug-likeness (QED) is 0.422. The van der Waals surface area contributed by atoms with Gasteiger partial charge in [-0.15, -0.1) is 0 Å². The van der Waals surface area contributed by atoms with Crippen molar-refractivity contribution in [2.75, 3.05) is 13.1 Å². The molecule has 2 aromatic rings. The fourth-order valence-corrected chi connectivity index (χ4v) is 4.38. The fourth-order valence-electron chi connectivity index (χ4n) is 4.25. The Morgan fingerprint density at radius 1 is 1.03 bits per heavy atom. The third kappa shape index (κ3) is 5.26. The zero-order valence-corrected chi connectivity index (χ0v) is 19.4. The monoisotopic (exact) mass is 501 g/mol. The van der Waals surface area contributed by atoms with Crippen LogP contribution < -0.4 is 0 Å². The van der Waals surface area contributed by atoms with Gasteiger partial charge < -0.3 is 19.1 Å². The van der Waals surface area contributed by atoms with Crippen LogP contribution in [0.3, 0.4) is 0 Å². The van der Waals surface area contributed by atoms with Crippen LogP contribution in [0.1, 0.15) is 35.6 Å². The lowest BCUT2D eigenvalue weighted by molar-refractivity contribution is -0.141. The first kappa shape index (κ1) is 23.6. The molecule has 4 nitrogen and oxygen atoms in total. The van der Waals surface area contributed by atoms with Gasteiger partial charge in [0, 0.05) is 18.1 Å². The first-order chi connectivity index (χ1) is 16.9. The van der Waals surface area contributed by atoms with E-state index in [9.17, 15) is 13.2 Å². The topological polar surface area (TPSA) is 30.9 Å². The number of likely N-dealkylation sites (tertiary alicyclic amines) is 1. The molecule has 0 spiro atoms. The van der Waals surface area contributed by atoms with Gasteiger partial charge in [-0.25, -0.2) is 0 Å². The van der Waals surface area contributed by atoms with Gasteiger partial charge in [0.25, 0.3) is 0 Å². The summed E-state index contributed by atoms with van der Waals surface area (Å²) in [6.45, 7) is 0.916. The Hall–Kier alpha value is -3.16. The van der Waals surface area contributed by atoms with E-state index < -0.39 is 17.8 Å². The number of alkyl halides is 3. The molecule has 5 rings (SSSR count). The Bertz CT molecular complexity index is 1190. The van der Waals surface area contributed by atoms with Crippen LogP contribution >= 0.6 is 11.6 Å². The predicted octanol–water partition coefficient (Wildman–Crippen LogP) is 7.11. The molecule has 1 saturated heterocycles. The maximum absolute atomic E-state index is 13.8. The molecule has 0 aromatic heterocycles. The van der Waals surface area contributed by atoms with Crippen molar-refractivity contribution in [3.05, 3.63) is 118 Å². The number of hydrogen-bond donors (Lipinski definition) is 0. The summed E-state index contributed by atoms with van der Waals surface area (Å²) < 4.78 is 59.1. The average Bonchev–Trinajstić information content (AvgIpc) is 2.84. The molecule has 3 aliphatic rings. The molecule has 2 heterocycles. The van der Waals surface area contributed by atoms with Crippen LogP contribution in [0.15, 0.2) is 96.5 Å². The van der Waals surface area contributed by atoms with Crippen molar-refractivity contribution >= 4 is 11.6 Å². The van der Waals surface area contributed by atoms with Crippen molar-refractivity contribution in [2.24, 2.45) is 0 Å². The van der Waals surface area contributed by atoms with Crippen LogP contribution in [0.2, 0.25) is 5.02 Å². The van der Waals surface area contributed by atoms with Crippen LogP contribution in [-0.4, -0.2) is 24.1 Å². The molecule has 0 saturated carbocycles. The highest BCUT2D eigenvalue weighted by atomic mass is 35.5. The number of hydrogen-bond acceptors (Lipinski definition) is 4. The Labute approximate surface area is 206 Å². The minimum atomic E-state index is -4.50. The van der Waals surface area contributed by atoms with Gasteiger partial charge in [0.05, 0.1) is 11.7 Å². The summed E-state index contributed by atoms with van der Waals surface area (Å²) in [7, 11) is 0. The second kappa shape index (κ2) is 9.84. The Morgan fingerprint density at radius 3 is 2.51 bits per heavy atom. The van der Waals surface area contributed by atoms with Crippen LogP contribution in [0.5, 0.6) is 0 Å². The van der Waals surface area contributed by atoms with Crippen molar-refractivity contribution < 1.29 is 27.4 Å². The van der Waals surface area contributed by atoms with Gasteiger partial charge in [0.15, 0.2) is 12.0 Å². The SMILES string of the molecule is FC(F)(F)c1ccccc1C(OC1CN(C2=COC=C(C3=CC=CCC3)O2)C1)c1ccc(Cl)cc1. The van der Waals surface area contributed by atoms with Gasteiger partial charge >= 0.3 is 6.18 Å². The number of rotatable bonds is 6. The first-order valence-corrected chi connectivity index (χ1v) is 11.7. The number of allylic oxidation sites excluding steroid dienone is 4. The van der Waals surface area contributed by atoms with E-state index in [4.69, 9.17) is 25.8 Å². The van der Waals surface area contributed by atoms with Gasteiger partial charge in [-0.2, -0.15) is 13.2 Å². The molecule has 0 amide bonds. The zero-order valence-electron chi connectivity index (χ0n) is 18.7. The molecule has 8 heteroatoms. The molecule has 2 aliphatic heterocycles. The first-order valence-electron chi connectivity index (χ1n) is 11.3. The second-order valence-electron chi connectivity index (χ2n) is 8.51. The third-order valence-electron chi connectivity index (χ3n) is 6.10. The lowest BCUT2D eigenvalue weighted by Gasteiger charge is -2.43. The standard InChI is InChI=1S/C27H23ClF3NO3/c28-20-12-10-19(11-13-20)26(22-8-4-5-9-23(22)27(29,30)31)34-21-14-32(15-21)25-17-33-16-24(35-25)18-6-2-1-3-7-18/h1-2,4-6,8-13,16-17,21,26H,3,7,14-15H2. The van der Waals surface area contributed by atoms with Crippen molar-refractivity contribution in [3.8, 4) is 0 Å². The summed E-state index contributed by atoms with van der Waals surface area (Å²) >= 11 is 6.01. The van der Waals surface area contributed by atoms with Gasteiger partial charge in [0.2, 0.25) is 5.88 Å². The largest absolute Gasteiger partial charge is 0.463 e. The molecule has 35 heavy (non-hydrogen) atoms. The third-order valence-corrected chi connectivity index (χ3v) is 6.35. The summed E-state index contributed by atoms with van der Waals surface area (Å²) in [5.74, 6) is 1.21. The van der Waals surface area contributed by atoms with Crippen LogP contribution in [0.25, 0.3) is 0 Å². The summed E-state index contributed by atoms with van der Waals surface area (Å²) in [5, 5.41) is 0.500. The van der Waals surface area contributed by atoms with Crippen molar-refractivity contribution in [1.82, 2.24) is 4.90 Å². The second-order valence-corrected chi connectivity index (χ2v) is 8.95. The lowest BCUT2D eigenvalue weighted by Crippen LogP contribution is -2.52. The Kier molecular flexibility index (Phi) is 6.62. The molecule has 0 N–H and O–H groups in total. The van der Waals surface area contributed by atoms with E-state index >= 15 is 0 Å². The summed E-state index contributed by atoms with van der Waals surface area (Å²) in [6, 6.07) is 12.2. The molecule has 0 bridgehead atoms. The van der Waals surface area contributed by atoms with E-state index in [1.54, 1.807) is 36.6 Å². The van der Waals surface area contributed by atoms with E-state index in [2.05, 4.69) is 6.08 Å². The van der Waals surface area contributed by atoms with E-state index in [-0.39, 0.29) is 11.7 Å². The highest BCUT2D eigenvalue weighted by molar-refractivity contribution is 6.30. The highest BCUT2D eigenvalue weighted by Gasteiger charge is 2.39. The highest BCUT2D eigenvalue weighted by Crippen LogP contribution is 2.40. The van der Waals surface area contributed by atoms with E-state index in [0.717, 1.165) is 24.5 Å². The van der Waals surface area contributed by atoms with Gasteiger partial charge in [-0.3, -0.25) is 0 Å². The molecular weight excluding hydrogens is 479 g/mol. The number of ether oxygens (including phenoxy) is 3. The summed E-state index contributed by atoms with van der Waals surface area (Å²) in [5.41, 5.74) is 1.01. The molecular formula is C27H23ClF3NO3. The Morgan fingerprint density at radius 2 is 1.80 bits per heavy atom. The van der Waals surface area contributed by atoms with E-state index in [1.165, 1.54) is 18.4 Å². The zero-order chi connectivity index (χ0) is 24.4. The molecule has 1 aliphatic carbocycles. The van der Waals surface area contributed by atoms with E-state index in [0.29, 0.717) is 35.3 Å². The normalized spacial score (nSPS) is 19.1. The molecule has 1 atom stereocenters. The maximum atomic E-state index is 13.8. The predicted molar refractivity (Wildman–Crippen MR) is 126 cm³/mol. The molecule has 1 unspecified atom stereocenters. The molecule has 2 aromatic carbocycles. The van der Waals surface area contributed by atoms with Gasteiger partial charge in [0.1, 0.15) is 12.4 Å². The van der Waals surface area contributed by atoms with Crippen molar-refractivity contribution in [3.63, 3.8) is 0 Å². The number of benzene rings is 2. The maximum Gasteiger partial charge on any atom is 0.416 e. The van der Waals surface area contributed by atoms with Gasteiger partial charge in [-0.1, -0.05) is 60.2 Å². The summed E-state index contributed by atoms with van der Waals surface area (Å²) in [6.07, 6.45) is 5.29. The smallest absolute Gasteiger partial charge is 0.416 e. The minimum Gasteiger partial charge on any atom is -0.463 e. The molecule has 0 radical (unpaired) electrons. The number of halogens is 4. The van der Waals surface area contributed by atoms with Crippen LogP contribution in [0.4, 0.5) is 13.2 Å². The average molecular weight is 502 g/mol. The number of nitrogens with zero attached hydrogens (tertiary/aromatic N) is 1. The van der Waals surface area contributed by atoms with Crippen molar-refractivity contribution in [2.45, 2.75) is 31.2 Å². The Balaban J connectivity index is 1.31. The van der Waals surface area contributed by atoms with Crippen LogP contribution in [0, 0.1) is 0 Å². The van der Waals surface area contributed by atoms with Crippen LogP contribution in [-0.2, 0) is 20.4 Å². The van der Waals surface area contributed by atoms with E-state index in [1.807, 2.05) is 17.1 Å². The fraction of sp³-hybridized carbons (Fsp3) is 0.259. The molecule has 182 valence electrons. The van der Waals surface area contributed by atoms with Crippen molar-refractivity contribution in [1.29, 1.82) is 0 Å². The minimum absolute atomic E-state index is 0.0692. The summed E-state index contributed by atoms with van der Waals surface area (Å²) in [4.78, 5) is 1.94. The van der Waals surface area contributed by atoms with Gasteiger partial charge in [-0.05, 0) is 47.7 Å². The molecule has 1 fully saturated rings. The lowest BCUT2D eigenvalue weighted by atomic mass is 9.95.